The van der Waals surface area contributed by atoms with E-state index in [-0.39, 0.29) is 6.09 Å². The van der Waals surface area contributed by atoms with Gasteiger partial charge < -0.3 is 19.3 Å². The summed E-state index contributed by atoms with van der Waals surface area (Å²) in [7, 11) is 14.0. The van der Waals surface area contributed by atoms with Gasteiger partial charge in [-0.05, 0) is 58.8 Å². The lowest BCUT2D eigenvalue weighted by molar-refractivity contribution is 0.0164. The van der Waals surface area contributed by atoms with Crippen LogP contribution in [-0.4, -0.2) is 88.9 Å². The van der Waals surface area contributed by atoms with Crippen molar-refractivity contribution >= 4 is 41.5 Å². The number of nitrogens with zero attached hydrogens (tertiary/aromatic N) is 4. The number of hydrogen-bond acceptors (Lipinski definition) is 6. The summed E-state index contributed by atoms with van der Waals surface area (Å²) in [6.07, 6.45) is 8.23. The molecule has 11 heteroatoms. The van der Waals surface area contributed by atoms with Crippen LogP contribution < -0.4 is 9.64 Å². The molecule has 0 atom stereocenters. The molecule has 1 aromatic rings. The second-order valence-corrected chi connectivity index (χ2v) is 9.06. The number of ether oxygens (including phenoxy) is 2. The normalized spacial score (nSPS) is 17.4. The second-order valence-electron chi connectivity index (χ2n) is 9.06. The van der Waals surface area contributed by atoms with Crippen LogP contribution in [0.2, 0.25) is 0 Å². The highest BCUT2D eigenvalue weighted by Gasteiger charge is 2.27. The zero-order valence-corrected chi connectivity index (χ0v) is 19.1. The molecular weight excluding hydrogens is 387 g/mol. The smallest absolute Gasteiger partial charge is 0.410 e. The molecule has 0 aliphatic carbocycles. The largest absolute Gasteiger partial charge is 0.476 e. The predicted molar refractivity (Wildman–Crippen MR) is 127 cm³/mol. The summed E-state index contributed by atoms with van der Waals surface area (Å²) in [5.41, 5.74) is -0.448. The first-order valence-corrected chi connectivity index (χ1v) is 11.1. The van der Waals surface area contributed by atoms with E-state index in [0.717, 1.165) is 31.7 Å². The van der Waals surface area contributed by atoms with Crippen molar-refractivity contribution in [2.24, 2.45) is 5.92 Å². The lowest BCUT2D eigenvalue weighted by Gasteiger charge is -2.33. The lowest BCUT2D eigenvalue weighted by Crippen LogP contribution is -2.42. The van der Waals surface area contributed by atoms with E-state index in [9.17, 15) is 4.79 Å². The first kappa shape index (κ1) is 25.5. The molecule has 3 heterocycles. The Labute approximate surface area is 191 Å². The van der Waals surface area contributed by atoms with Crippen LogP contribution in [0.15, 0.2) is 12.4 Å². The molecule has 3 rings (SSSR count). The van der Waals surface area contributed by atoms with Gasteiger partial charge in [0.2, 0.25) is 5.88 Å². The Morgan fingerprint density at radius 2 is 1.68 bits per heavy atom. The van der Waals surface area contributed by atoms with Crippen molar-refractivity contribution in [3.05, 3.63) is 12.4 Å². The van der Waals surface area contributed by atoms with Gasteiger partial charge in [0.25, 0.3) is 0 Å². The lowest BCUT2D eigenvalue weighted by atomic mass is 9.08. The third-order valence-corrected chi connectivity index (χ3v) is 5.03. The van der Waals surface area contributed by atoms with E-state index in [0.29, 0.717) is 31.5 Å². The van der Waals surface area contributed by atoms with Crippen molar-refractivity contribution in [1.82, 2.24) is 14.9 Å². The molecule has 1 amide bonds. The van der Waals surface area contributed by atoms with Crippen LogP contribution in [0.1, 0.15) is 52.9 Å². The second kappa shape index (κ2) is 12.3. The summed E-state index contributed by atoms with van der Waals surface area (Å²) in [5, 5.41) is 0. The number of piperidine rings is 2. The van der Waals surface area contributed by atoms with Gasteiger partial charge in [0.1, 0.15) is 11.4 Å². The Hall–Kier alpha value is -1.79. The van der Waals surface area contributed by atoms with Crippen molar-refractivity contribution in [3.8, 4) is 5.88 Å². The van der Waals surface area contributed by atoms with Crippen molar-refractivity contribution in [3.63, 3.8) is 0 Å². The summed E-state index contributed by atoms with van der Waals surface area (Å²) in [6, 6.07) is 0. The van der Waals surface area contributed by atoms with E-state index in [1.807, 2.05) is 27.0 Å². The SMILES string of the molecule is CC(C)(C)OC(=O)N1CCC(COc2cnc(N3CCCCC3)cn2)CC1.[B]B([B])[B]. The number of carbonyl (C=O) groups excluding carboxylic acids is 1. The van der Waals surface area contributed by atoms with Crippen LogP contribution in [0, 0.1) is 5.92 Å². The van der Waals surface area contributed by atoms with E-state index in [4.69, 9.17) is 9.47 Å². The van der Waals surface area contributed by atoms with Crippen LogP contribution in [-0.2, 0) is 4.74 Å². The van der Waals surface area contributed by atoms with Gasteiger partial charge in [0.15, 0.2) is 0 Å². The quantitative estimate of drug-likeness (QED) is 0.695. The fraction of sp³-hybridized carbons (Fsp3) is 0.750. The fourth-order valence-electron chi connectivity index (χ4n) is 3.48. The molecule has 162 valence electrons. The molecule has 6 radical (unpaired) electrons. The molecule has 0 N–H and O–H groups in total. The average molecular weight is 420 g/mol. The van der Waals surface area contributed by atoms with Crippen LogP contribution in [0.3, 0.4) is 0 Å². The monoisotopic (exact) mass is 420 g/mol. The molecule has 0 spiro atoms. The third kappa shape index (κ3) is 9.91. The maximum atomic E-state index is 12.1. The third-order valence-electron chi connectivity index (χ3n) is 5.03. The predicted octanol–water partition coefficient (Wildman–Crippen LogP) is 1.97. The number of carbonyl (C=O) groups is 1. The van der Waals surface area contributed by atoms with Crippen molar-refractivity contribution in [2.45, 2.75) is 58.5 Å². The van der Waals surface area contributed by atoms with E-state index in [1.54, 1.807) is 11.1 Å². The molecule has 0 unspecified atom stereocenters. The topological polar surface area (TPSA) is 67.8 Å². The molecule has 0 aromatic carbocycles. The highest BCUT2D eigenvalue weighted by atomic mass is 16.6. The highest BCUT2D eigenvalue weighted by molar-refractivity contribution is 7.49. The van der Waals surface area contributed by atoms with Gasteiger partial charge in [-0.3, -0.25) is 0 Å². The minimum Gasteiger partial charge on any atom is -0.476 e. The number of likely N-dealkylation sites (tertiary alicyclic amines) is 1. The van der Waals surface area contributed by atoms with Gasteiger partial charge in [0.05, 0.1) is 19.0 Å². The zero-order valence-electron chi connectivity index (χ0n) is 19.1. The van der Waals surface area contributed by atoms with Crippen molar-refractivity contribution < 1.29 is 14.3 Å². The van der Waals surface area contributed by atoms with Gasteiger partial charge in [-0.15, -0.1) is 0 Å². The van der Waals surface area contributed by atoms with Crippen LogP contribution in [0.4, 0.5) is 10.6 Å². The summed E-state index contributed by atoms with van der Waals surface area (Å²) >= 11 is 0. The van der Waals surface area contributed by atoms with Crippen molar-refractivity contribution in [2.75, 3.05) is 37.7 Å². The van der Waals surface area contributed by atoms with E-state index >= 15 is 0 Å². The molecule has 0 saturated carbocycles. The minimum absolute atomic E-state index is 0.221. The molecular formula is C20H32B4N4O3. The Morgan fingerprint density at radius 1 is 1.06 bits per heavy atom. The standard InChI is InChI=1S/C20H32N4O3.B4/c1-20(2,3)27-19(25)24-11-7-16(8-12-24)15-26-18-14-21-17(13-22-18)23-9-5-4-6-10-23;1-4(2)3/h13-14,16H,4-12,15H2,1-3H3;. The van der Waals surface area contributed by atoms with Crippen LogP contribution >= 0.6 is 0 Å². The summed E-state index contributed by atoms with van der Waals surface area (Å²) < 4.78 is 11.3. The number of anilines is 1. The fourth-order valence-corrected chi connectivity index (χ4v) is 3.48. The number of hydrogen-bond donors (Lipinski definition) is 0. The molecule has 7 nitrogen and oxygen atoms in total. The Balaban J connectivity index is 0.000000785. The number of rotatable bonds is 4. The maximum absolute atomic E-state index is 12.1. The molecule has 0 bridgehead atoms. The van der Waals surface area contributed by atoms with E-state index in [1.165, 1.54) is 19.3 Å². The van der Waals surface area contributed by atoms with Crippen molar-refractivity contribution in [1.29, 1.82) is 0 Å². The molecule has 2 aliphatic rings. The van der Waals surface area contributed by atoms with Gasteiger partial charge >= 0.3 is 6.09 Å². The Bertz CT molecular complexity index is 657. The highest BCUT2D eigenvalue weighted by Crippen LogP contribution is 2.22. The first-order chi connectivity index (χ1) is 14.6. The summed E-state index contributed by atoms with van der Waals surface area (Å²) in [5.74, 6) is 1.94. The van der Waals surface area contributed by atoms with Gasteiger partial charge in [0, 0.05) is 55.8 Å². The molecule has 2 saturated heterocycles. The molecule has 1 aromatic heterocycles. The first-order valence-electron chi connectivity index (χ1n) is 11.1. The number of aromatic nitrogens is 2. The van der Waals surface area contributed by atoms with Crippen LogP contribution in [0.5, 0.6) is 5.88 Å². The van der Waals surface area contributed by atoms with Gasteiger partial charge in [-0.2, -0.15) is 0 Å². The minimum atomic E-state index is -0.667. The summed E-state index contributed by atoms with van der Waals surface area (Å²) in [4.78, 5) is 25.1. The Kier molecular flexibility index (Phi) is 10.1. The van der Waals surface area contributed by atoms with Gasteiger partial charge in [-0.25, -0.2) is 14.8 Å². The van der Waals surface area contributed by atoms with Gasteiger partial charge in [-0.1, -0.05) is 0 Å². The molecule has 31 heavy (non-hydrogen) atoms. The van der Waals surface area contributed by atoms with Crippen LogP contribution in [0.25, 0.3) is 0 Å². The van der Waals surface area contributed by atoms with E-state index < -0.39 is 12.0 Å². The summed E-state index contributed by atoms with van der Waals surface area (Å²) in [6.45, 7) is 9.83. The number of amides is 1. The molecule has 2 fully saturated rings. The molecule has 2 aliphatic heterocycles. The Morgan fingerprint density at radius 3 is 2.19 bits per heavy atom. The maximum Gasteiger partial charge on any atom is 0.410 e. The average Bonchev–Trinajstić information content (AvgIpc) is 2.72. The zero-order chi connectivity index (χ0) is 22.9. The van der Waals surface area contributed by atoms with E-state index in [2.05, 4.69) is 38.1 Å².